The molecule has 112 valence electrons. The van der Waals surface area contributed by atoms with E-state index in [-0.39, 0.29) is 12.6 Å². The first-order valence-electron chi connectivity index (χ1n) is 8.02. The molecule has 0 aromatic heterocycles. The van der Waals surface area contributed by atoms with Crippen LogP contribution in [-0.4, -0.2) is 17.8 Å². The van der Waals surface area contributed by atoms with E-state index in [1.807, 2.05) is 0 Å². The quantitative estimate of drug-likeness (QED) is 0.539. The Kier molecular flexibility index (Phi) is 8.85. The molecular formula is C16H29FO2. The molecule has 0 radical (unpaired) electrons. The van der Waals surface area contributed by atoms with E-state index in [4.69, 9.17) is 0 Å². The van der Waals surface area contributed by atoms with Crippen LogP contribution in [0, 0.1) is 11.8 Å². The van der Waals surface area contributed by atoms with Crippen LogP contribution in [0.25, 0.3) is 0 Å². The van der Waals surface area contributed by atoms with E-state index in [0.29, 0.717) is 6.42 Å². The van der Waals surface area contributed by atoms with Crippen molar-refractivity contribution in [2.75, 3.05) is 6.67 Å². The fourth-order valence-corrected chi connectivity index (χ4v) is 3.14. The lowest BCUT2D eigenvalue weighted by atomic mass is 9.91. The van der Waals surface area contributed by atoms with Gasteiger partial charge in [-0.3, -0.25) is 9.18 Å². The van der Waals surface area contributed by atoms with Gasteiger partial charge in [0.05, 0.1) is 12.6 Å². The smallest absolute Gasteiger partial charge is 0.306 e. The first kappa shape index (κ1) is 16.5. The summed E-state index contributed by atoms with van der Waals surface area (Å²) in [6.07, 6.45) is 12.7. The minimum Gasteiger partial charge on any atom is -0.481 e. The third-order valence-corrected chi connectivity index (χ3v) is 4.43. The Bertz CT molecular complexity index is 237. The molecule has 19 heavy (non-hydrogen) atoms. The molecule has 1 N–H and O–H groups in total. The second kappa shape index (κ2) is 10.2. The lowest BCUT2D eigenvalue weighted by Gasteiger charge is -2.15. The molecule has 1 fully saturated rings. The molecule has 0 spiro atoms. The molecule has 0 saturated heterocycles. The molecule has 0 aliphatic heterocycles. The van der Waals surface area contributed by atoms with E-state index in [2.05, 4.69) is 0 Å². The van der Waals surface area contributed by atoms with Crippen molar-refractivity contribution >= 4 is 5.97 Å². The van der Waals surface area contributed by atoms with Gasteiger partial charge in [-0.25, -0.2) is 0 Å². The van der Waals surface area contributed by atoms with Crippen molar-refractivity contribution in [1.82, 2.24) is 0 Å². The highest BCUT2D eigenvalue weighted by Gasteiger charge is 2.21. The average molecular weight is 272 g/mol. The number of alkyl halides is 1. The van der Waals surface area contributed by atoms with Gasteiger partial charge < -0.3 is 5.11 Å². The molecule has 2 nitrogen and oxygen atoms in total. The van der Waals surface area contributed by atoms with Gasteiger partial charge in [-0.2, -0.15) is 0 Å². The molecule has 3 heteroatoms. The topological polar surface area (TPSA) is 37.3 Å². The summed E-state index contributed by atoms with van der Waals surface area (Å²) in [6, 6.07) is 0. The molecule has 0 amide bonds. The predicted octanol–water partition coefficient (Wildman–Crippen LogP) is 4.97. The number of rotatable bonds is 11. The maximum atomic E-state index is 11.9. The molecular weight excluding hydrogens is 243 g/mol. The van der Waals surface area contributed by atoms with Crippen LogP contribution in [-0.2, 0) is 4.79 Å². The van der Waals surface area contributed by atoms with E-state index >= 15 is 0 Å². The first-order chi connectivity index (χ1) is 9.24. The predicted molar refractivity (Wildman–Crippen MR) is 76.0 cm³/mol. The van der Waals surface area contributed by atoms with Crippen LogP contribution < -0.4 is 0 Å². The van der Waals surface area contributed by atoms with E-state index in [1.54, 1.807) is 0 Å². The zero-order valence-electron chi connectivity index (χ0n) is 12.1. The molecule has 0 bridgehead atoms. The maximum Gasteiger partial charge on any atom is 0.306 e. The van der Waals surface area contributed by atoms with Gasteiger partial charge in [0, 0.05) is 0 Å². The molecule has 1 aliphatic rings. The number of carboxylic acid groups (broad SMARTS) is 1. The molecule has 0 heterocycles. The highest BCUT2D eigenvalue weighted by atomic mass is 19.1. The summed E-state index contributed by atoms with van der Waals surface area (Å²) in [5, 5.41) is 9.24. The van der Waals surface area contributed by atoms with Gasteiger partial charge >= 0.3 is 5.97 Å². The standard InChI is InChI=1S/C16H29FO2/c17-13-7-3-1-2-4-10-15(16(18)19)12-11-14-8-5-6-9-14/h14-15H,1-13H2,(H,18,19). The van der Waals surface area contributed by atoms with Gasteiger partial charge in [0.15, 0.2) is 0 Å². The number of carbonyl (C=O) groups is 1. The fourth-order valence-electron chi connectivity index (χ4n) is 3.14. The molecule has 1 atom stereocenters. The van der Waals surface area contributed by atoms with Crippen molar-refractivity contribution in [3.63, 3.8) is 0 Å². The number of hydrogen-bond donors (Lipinski definition) is 1. The number of aliphatic carboxylic acids is 1. The minimum absolute atomic E-state index is 0.151. The maximum absolute atomic E-state index is 11.9. The lowest BCUT2D eigenvalue weighted by molar-refractivity contribution is -0.142. The molecule has 1 saturated carbocycles. The van der Waals surface area contributed by atoms with Gasteiger partial charge in [0.25, 0.3) is 0 Å². The van der Waals surface area contributed by atoms with Gasteiger partial charge in [-0.15, -0.1) is 0 Å². The second-order valence-corrected chi connectivity index (χ2v) is 6.01. The summed E-state index contributed by atoms with van der Waals surface area (Å²) in [4.78, 5) is 11.2. The molecule has 1 unspecified atom stereocenters. The largest absolute Gasteiger partial charge is 0.481 e. The highest BCUT2D eigenvalue weighted by Crippen LogP contribution is 2.30. The van der Waals surface area contributed by atoms with Gasteiger partial charge in [0.2, 0.25) is 0 Å². The Morgan fingerprint density at radius 3 is 2.32 bits per heavy atom. The zero-order chi connectivity index (χ0) is 13.9. The van der Waals surface area contributed by atoms with Crippen molar-refractivity contribution in [3.8, 4) is 0 Å². The van der Waals surface area contributed by atoms with E-state index < -0.39 is 5.97 Å². The summed E-state index contributed by atoms with van der Waals surface area (Å²) in [7, 11) is 0. The van der Waals surface area contributed by atoms with Crippen molar-refractivity contribution < 1.29 is 14.3 Å². The monoisotopic (exact) mass is 272 g/mol. The fraction of sp³-hybridized carbons (Fsp3) is 0.938. The molecule has 1 rings (SSSR count). The van der Waals surface area contributed by atoms with Crippen LogP contribution in [0.1, 0.15) is 77.0 Å². The Labute approximate surface area is 116 Å². The SMILES string of the molecule is O=C(O)C(CCCCCCCF)CCC1CCCC1. The third-order valence-electron chi connectivity index (χ3n) is 4.43. The summed E-state index contributed by atoms with van der Waals surface area (Å²) in [5.41, 5.74) is 0. The molecule has 0 aromatic rings. The van der Waals surface area contributed by atoms with Crippen LogP contribution in [0.15, 0.2) is 0 Å². The summed E-state index contributed by atoms with van der Waals surface area (Å²) >= 11 is 0. The van der Waals surface area contributed by atoms with Crippen LogP contribution in [0.2, 0.25) is 0 Å². The summed E-state index contributed by atoms with van der Waals surface area (Å²) in [5.74, 6) is 0.00920. The molecule has 0 aromatic carbocycles. The van der Waals surface area contributed by atoms with Gasteiger partial charge in [-0.05, 0) is 31.6 Å². The van der Waals surface area contributed by atoms with Crippen molar-refractivity contribution in [1.29, 1.82) is 0 Å². The van der Waals surface area contributed by atoms with Crippen molar-refractivity contribution in [2.45, 2.75) is 77.0 Å². The Morgan fingerprint density at radius 2 is 1.68 bits per heavy atom. The number of hydrogen-bond acceptors (Lipinski definition) is 1. The third kappa shape index (κ3) is 7.54. The van der Waals surface area contributed by atoms with E-state index in [1.165, 1.54) is 25.7 Å². The number of carboxylic acids is 1. The van der Waals surface area contributed by atoms with E-state index in [0.717, 1.165) is 50.9 Å². The average Bonchev–Trinajstić information content (AvgIpc) is 2.89. The van der Waals surface area contributed by atoms with Gasteiger partial charge in [-0.1, -0.05) is 51.4 Å². The lowest BCUT2D eigenvalue weighted by Crippen LogP contribution is -2.15. The first-order valence-corrected chi connectivity index (χ1v) is 8.02. The summed E-state index contributed by atoms with van der Waals surface area (Å²) < 4.78 is 11.9. The van der Waals surface area contributed by atoms with Crippen LogP contribution >= 0.6 is 0 Å². The van der Waals surface area contributed by atoms with Crippen molar-refractivity contribution in [3.05, 3.63) is 0 Å². The van der Waals surface area contributed by atoms with Crippen LogP contribution in [0.5, 0.6) is 0 Å². The zero-order valence-corrected chi connectivity index (χ0v) is 12.1. The number of unbranched alkanes of at least 4 members (excludes halogenated alkanes) is 4. The van der Waals surface area contributed by atoms with Crippen molar-refractivity contribution in [2.24, 2.45) is 11.8 Å². The normalized spacial score (nSPS) is 17.7. The second-order valence-electron chi connectivity index (χ2n) is 6.01. The summed E-state index contributed by atoms with van der Waals surface area (Å²) in [6.45, 7) is -0.223. The van der Waals surface area contributed by atoms with Gasteiger partial charge in [0.1, 0.15) is 0 Å². The Morgan fingerprint density at radius 1 is 1.05 bits per heavy atom. The Hall–Kier alpha value is -0.600. The van der Waals surface area contributed by atoms with Crippen LogP contribution in [0.3, 0.4) is 0 Å². The number of halogens is 1. The minimum atomic E-state index is -0.623. The Balaban J connectivity index is 2.08. The highest BCUT2D eigenvalue weighted by molar-refractivity contribution is 5.69. The van der Waals surface area contributed by atoms with Crippen LogP contribution in [0.4, 0.5) is 4.39 Å². The van der Waals surface area contributed by atoms with E-state index in [9.17, 15) is 14.3 Å². The molecule has 1 aliphatic carbocycles.